The van der Waals surface area contributed by atoms with Crippen molar-refractivity contribution in [3.05, 3.63) is 60.4 Å². The van der Waals surface area contributed by atoms with E-state index < -0.39 is 0 Å². The van der Waals surface area contributed by atoms with Crippen molar-refractivity contribution in [2.24, 2.45) is 0 Å². The van der Waals surface area contributed by atoms with E-state index in [-0.39, 0.29) is 0 Å². The number of hydrogen-bond acceptors (Lipinski definition) is 5. The van der Waals surface area contributed by atoms with Crippen LogP contribution in [-0.4, -0.2) is 17.0 Å². The molecule has 0 amide bonds. The van der Waals surface area contributed by atoms with E-state index in [1.54, 1.807) is 17.5 Å². The van der Waals surface area contributed by atoms with Crippen molar-refractivity contribution in [3.8, 4) is 22.3 Å². The lowest BCUT2D eigenvalue weighted by Crippen LogP contribution is -1.93. The van der Waals surface area contributed by atoms with E-state index in [1.165, 1.54) is 0 Å². The molecule has 0 aliphatic carbocycles. The quantitative estimate of drug-likeness (QED) is 0.573. The molecule has 3 heterocycles. The van der Waals surface area contributed by atoms with Crippen LogP contribution in [0.5, 0.6) is 0 Å². The van der Waals surface area contributed by atoms with Gasteiger partial charge >= 0.3 is 0 Å². The van der Waals surface area contributed by atoms with Crippen LogP contribution in [-0.2, 0) is 0 Å². The highest BCUT2D eigenvalue weighted by Crippen LogP contribution is 2.41. The van der Waals surface area contributed by atoms with E-state index in [0.717, 1.165) is 38.0 Å². The monoisotopic (exact) mass is 332 g/mol. The summed E-state index contributed by atoms with van der Waals surface area (Å²) in [5.74, 6) is 0.559. The first-order valence-electron chi connectivity index (χ1n) is 7.62. The van der Waals surface area contributed by atoms with Gasteiger partial charge in [0.2, 0.25) is 0 Å². The number of nitrogens with two attached hydrogens (primary N) is 1. The zero-order valence-electron chi connectivity index (χ0n) is 13.2. The number of hydrogen-bond donors (Lipinski definition) is 2. The molecule has 4 nitrogen and oxygen atoms in total. The Hall–Kier alpha value is -2.92. The zero-order valence-corrected chi connectivity index (χ0v) is 14.0. The predicted molar refractivity (Wildman–Crippen MR) is 102 cm³/mol. The first-order chi connectivity index (χ1) is 11.8. The van der Waals surface area contributed by atoms with Crippen LogP contribution in [0, 0.1) is 0 Å². The summed E-state index contributed by atoms with van der Waals surface area (Å²) < 4.78 is 1.14. The SMILES string of the molecule is CNc1cccc(-c2csc3c(-c4cccnc4)cnc(N)c23)c1. The van der Waals surface area contributed by atoms with Crippen molar-refractivity contribution in [2.75, 3.05) is 18.1 Å². The van der Waals surface area contributed by atoms with Crippen LogP contribution in [0.15, 0.2) is 60.4 Å². The molecule has 0 bridgehead atoms. The summed E-state index contributed by atoms with van der Waals surface area (Å²) >= 11 is 1.69. The molecule has 0 aliphatic heterocycles. The summed E-state index contributed by atoms with van der Waals surface area (Å²) in [6.45, 7) is 0. The Bertz CT molecular complexity index is 1010. The minimum atomic E-state index is 0.559. The molecule has 0 atom stereocenters. The van der Waals surface area contributed by atoms with E-state index in [1.807, 2.05) is 43.7 Å². The molecule has 0 radical (unpaired) electrons. The number of rotatable bonds is 3. The predicted octanol–water partition coefficient (Wildman–Crippen LogP) is 4.65. The third-order valence-electron chi connectivity index (χ3n) is 4.06. The number of anilines is 2. The molecule has 0 fully saturated rings. The van der Waals surface area contributed by atoms with E-state index in [2.05, 4.69) is 32.8 Å². The molecule has 0 unspecified atom stereocenters. The Morgan fingerprint density at radius 1 is 1.04 bits per heavy atom. The minimum Gasteiger partial charge on any atom is -0.388 e. The van der Waals surface area contributed by atoms with Gasteiger partial charge in [-0.1, -0.05) is 18.2 Å². The normalized spacial score (nSPS) is 10.9. The Labute approximate surface area is 144 Å². The third-order valence-corrected chi connectivity index (χ3v) is 5.07. The second kappa shape index (κ2) is 5.94. The van der Waals surface area contributed by atoms with Crippen molar-refractivity contribution < 1.29 is 0 Å². The highest BCUT2D eigenvalue weighted by atomic mass is 32.1. The molecule has 118 valence electrons. The van der Waals surface area contributed by atoms with Crippen molar-refractivity contribution >= 4 is 32.9 Å². The van der Waals surface area contributed by atoms with Crippen LogP contribution < -0.4 is 11.1 Å². The Morgan fingerprint density at radius 3 is 2.71 bits per heavy atom. The van der Waals surface area contributed by atoms with Gasteiger partial charge in [0.1, 0.15) is 5.82 Å². The largest absolute Gasteiger partial charge is 0.388 e. The lowest BCUT2D eigenvalue weighted by Gasteiger charge is -2.07. The average Bonchev–Trinajstić information content (AvgIpc) is 3.09. The molecule has 0 aliphatic rings. The van der Waals surface area contributed by atoms with Gasteiger partial charge in [-0.2, -0.15) is 0 Å². The third kappa shape index (κ3) is 2.39. The number of nitrogens with zero attached hydrogens (tertiary/aromatic N) is 2. The molecule has 4 aromatic rings. The number of nitrogen functional groups attached to an aromatic ring is 1. The minimum absolute atomic E-state index is 0.559. The summed E-state index contributed by atoms with van der Waals surface area (Å²) in [7, 11) is 1.92. The maximum absolute atomic E-state index is 6.22. The molecule has 0 spiro atoms. The number of nitrogens with one attached hydrogen (secondary N) is 1. The van der Waals surface area contributed by atoms with Crippen LogP contribution in [0.4, 0.5) is 11.5 Å². The maximum atomic E-state index is 6.22. The fourth-order valence-electron chi connectivity index (χ4n) is 2.85. The highest BCUT2D eigenvalue weighted by Gasteiger charge is 2.15. The van der Waals surface area contributed by atoms with Crippen LogP contribution in [0.3, 0.4) is 0 Å². The van der Waals surface area contributed by atoms with Gasteiger partial charge in [0.25, 0.3) is 0 Å². The Balaban J connectivity index is 1.96. The average molecular weight is 332 g/mol. The van der Waals surface area contributed by atoms with E-state index >= 15 is 0 Å². The Morgan fingerprint density at radius 2 is 1.92 bits per heavy atom. The molecule has 0 saturated carbocycles. The lowest BCUT2D eigenvalue weighted by atomic mass is 10.0. The number of thiophene rings is 1. The van der Waals surface area contributed by atoms with Crippen LogP contribution >= 0.6 is 11.3 Å². The van der Waals surface area contributed by atoms with Crippen LogP contribution in [0.1, 0.15) is 0 Å². The summed E-state index contributed by atoms with van der Waals surface area (Å²) in [5, 5.41) is 6.34. The highest BCUT2D eigenvalue weighted by molar-refractivity contribution is 7.18. The fourth-order valence-corrected chi connectivity index (χ4v) is 3.97. The van der Waals surface area contributed by atoms with Gasteiger partial charge in [0, 0.05) is 58.1 Å². The summed E-state index contributed by atoms with van der Waals surface area (Å²) in [5.41, 5.74) is 11.6. The molecule has 3 aromatic heterocycles. The zero-order chi connectivity index (χ0) is 16.5. The summed E-state index contributed by atoms with van der Waals surface area (Å²) in [4.78, 5) is 8.64. The topological polar surface area (TPSA) is 63.8 Å². The second-order valence-corrected chi connectivity index (χ2v) is 6.36. The molecule has 5 heteroatoms. The molecule has 3 N–H and O–H groups in total. The molecule has 24 heavy (non-hydrogen) atoms. The molecule has 1 aromatic carbocycles. The molecular formula is C19H16N4S. The van der Waals surface area contributed by atoms with Crippen LogP contribution in [0.25, 0.3) is 32.3 Å². The number of fused-ring (bicyclic) bond motifs is 1. The van der Waals surface area contributed by atoms with Gasteiger partial charge in [0.15, 0.2) is 0 Å². The standard InChI is InChI=1S/C19H16N4S/c1-21-14-6-2-4-12(8-14)16-11-24-18-15(10-23-19(20)17(16)18)13-5-3-7-22-9-13/h2-11,21H,1H3,(H2,20,23). The molecule has 0 saturated heterocycles. The fraction of sp³-hybridized carbons (Fsp3) is 0.0526. The second-order valence-electron chi connectivity index (χ2n) is 5.48. The lowest BCUT2D eigenvalue weighted by molar-refractivity contribution is 1.32. The van der Waals surface area contributed by atoms with Gasteiger partial charge < -0.3 is 11.1 Å². The van der Waals surface area contributed by atoms with Crippen molar-refractivity contribution in [1.82, 2.24) is 9.97 Å². The first-order valence-corrected chi connectivity index (χ1v) is 8.50. The van der Waals surface area contributed by atoms with Gasteiger partial charge in [-0.3, -0.25) is 4.98 Å². The smallest absolute Gasteiger partial charge is 0.132 e. The van der Waals surface area contributed by atoms with Gasteiger partial charge in [-0.05, 0) is 29.1 Å². The van der Waals surface area contributed by atoms with E-state index in [4.69, 9.17) is 5.73 Å². The molecular weight excluding hydrogens is 316 g/mol. The Kier molecular flexibility index (Phi) is 3.63. The number of aromatic nitrogens is 2. The number of benzene rings is 1. The van der Waals surface area contributed by atoms with Crippen molar-refractivity contribution in [2.45, 2.75) is 0 Å². The van der Waals surface area contributed by atoms with E-state index in [0.29, 0.717) is 5.82 Å². The van der Waals surface area contributed by atoms with E-state index in [9.17, 15) is 0 Å². The maximum Gasteiger partial charge on any atom is 0.132 e. The van der Waals surface area contributed by atoms with Gasteiger partial charge in [0.05, 0.1) is 0 Å². The molecule has 4 rings (SSSR count). The number of pyridine rings is 2. The first kappa shape index (κ1) is 14.7. The van der Waals surface area contributed by atoms with Gasteiger partial charge in [-0.25, -0.2) is 4.98 Å². The van der Waals surface area contributed by atoms with Crippen molar-refractivity contribution in [1.29, 1.82) is 0 Å². The summed E-state index contributed by atoms with van der Waals surface area (Å²) in [6, 6.07) is 12.3. The van der Waals surface area contributed by atoms with Crippen molar-refractivity contribution in [3.63, 3.8) is 0 Å². The van der Waals surface area contributed by atoms with Crippen LogP contribution in [0.2, 0.25) is 0 Å². The van der Waals surface area contributed by atoms with Gasteiger partial charge in [-0.15, -0.1) is 11.3 Å². The summed E-state index contributed by atoms with van der Waals surface area (Å²) in [6.07, 6.45) is 5.46.